The second-order valence-electron chi connectivity index (χ2n) is 0.969. The van der Waals surface area contributed by atoms with Gasteiger partial charge in [0, 0.05) is 0 Å². The molecule has 0 unspecified atom stereocenters. The smallest absolute Gasteiger partial charge is 0.775 e. The normalized spacial score (nSPS) is 10.5. The molecule has 8 nitrogen and oxygen atoms in total. The quantitative estimate of drug-likeness (QED) is 0.303. The molecule has 0 spiro atoms. The van der Waals surface area contributed by atoms with Crippen molar-refractivity contribution in [2.45, 2.75) is 0 Å². The van der Waals surface area contributed by atoms with Crippen molar-refractivity contribution in [1.82, 2.24) is 0 Å². The summed E-state index contributed by atoms with van der Waals surface area (Å²) in [5.41, 5.74) is 0. The van der Waals surface area contributed by atoms with E-state index in [9.17, 15) is 0 Å². The van der Waals surface area contributed by atoms with E-state index in [1.54, 1.807) is 0 Å². The van der Waals surface area contributed by atoms with Crippen LogP contribution in [0.3, 0.4) is 0 Å². The van der Waals surface area contributed by atoms with E-state index in [-0.39, 0.29) is 23.1 Å². The molecule has 0 fully saturated rings. The SMILES string of the molecule is N=S(=O)([O-])[O-].NS(=O)(=O)O.[Mg+2]. The third-order valence-electron chi connectivity index (χ3n) is 0. The first kappa shape index (κ1) is 17.6. The van der Waals surface area contributed by atoms with Crippen LogP contribution in [0.25, 0.3) is 0 Å². The molecular formula is H4MgN2O6S2. The molecule has 0 saturated heterocycles. The Labute approximate surface area is 79.8 Å². The summed E-state index contributed by atoms with van der Waals surface area (Å²) in [4.78, 5) is 0. The molecule has 11 heavy (non-hydrogen) atoms. The molecule has 0 aliphatic heterocycles. The fraction of sp³-hybridized carbons (Fsp3) is 0. The molecule has 0 saturated carbocycles. The van der Waals surface area contributed by atoms with Gasteiger partial charge < -0.3 is 9.11 Å². The Hall–Kier alpha value is 0.506. The van der Waals surface area contributed by atoms with Gasteiger partial charge in [-0.2, -0.15) is 8.42 Å². The standard InChI is InChI=1S/Mg.2H3NO3S/c;2*1-5(2,3)4/h;2*(H3,1,2,3,4)/q+2;;/p-2. The number of nitrogens with one attached hydrogen (secondary N) is 1. The van der Waals surface area contributed by atoms with Crippen LogP contribution in [0.2, 0.25) is 0 Å². The van der Waals surface area contributed by atoms with Crippen molar-refractivity contribution >= 4 is 43.6 Å². The van der Waals surface area contributed by atoms with Gasteiger partial charge in [0.15, 0.2) is 0 Å². The summed E-state index contributed by atoms with van der Waals surface area (Å²) in [6.07, 6.45) is 0. The van der Waals surface area contributed by atoms with Crippen LogP contribution >= 0.6 is 0 Å². The van der Waals surface area contributed by atoms with Crippen LogP contribution in [0, 0.1) is 4.78 Å². The summed E-state index contributed by atoms with van der Waals surface area (Å²) in [5.74, 6) is 0. The van der Waals surface area contributed by atoms with Crippen LogP contribution in [0.4, 0.5) is 0 Å². The van der Waals surface area contributed by atoms with Gasteiger partial charge >= 0.3 is 33.4 Å². The predicted molar refractivity (Wildman–Crippen MR) is 33.9 cm³/mol. The topological polar surface area (TPSA) is 167 Å². The summed E-state index contributed by atoms with van der Waals surface area (Å²) >= 11 is 0. The van der Waals surface area contributed by atoms with E-state index in [2.05, 4.69) is 5.14 Å². The van der Waals surface area contributed by atoms with Gasteiger partial charge in [-0.3, -0.25) is 13.5 Å². The maximum atomic E-state index is 8.97. The summed E-state index contributed by atoms with van der Waals surface area (Å²) in [6, 6.07) is 0. The van der Waals surface area contributed by atoms with Crippen LogP contribution in [-0.4, -0.2) is 49.3 Å². The maximum absolute atomic E-state index is 8.97. The van der Waals surface area contributed by atoms with Crippen LogP contribution in [0.1, 0.15) is 0 Å². The zero-order valence-corrected chi connectivity index (χ0v) is 8.14. The number of hydrogen-bond acceptors (Lipinski definition) is 6. The predicted octanol–water partition coefficient (Wildman–Crippen LogP) is -2.34. The Morgan fingerprint density at radius 2 is 1.27 bits per heavy atom. The molecule has 0 rings (SSSR count). The van der Waals surface area contributed by atoms with Crippen molar-refractivity contribution in [3.63, 3.8) is 0 Å². The van der Waals surface area contributed by atoms with Gasteiger partial charge in [-0.15, -0.1) is 0 Å². The van der Waals surface area contributed by atoms with E-state index in [1.807, 2.05) is 0 Å². The summed E-state index contributed by atoms with van der Waals surface area (Å²) in [6.45, 7) is 0. The van der Waals surface area contributed by atoms with Crippen LogP contribution in [0.5, 0.6) is 0 Å². The van der Waals surface area contributed by atoms with E-state index in [0.717, 1.165) is 0 Å². The zero-order valence-electron chi connectivity index (χ0n) is 5.09. The molecule has 0 radical (unpaired) electrons. The fourth-order valence-electron chi connectivity index (χ4n) is 0. The van der Waals surface area contributed by atoms with Crippen molar-refractivity contribution in [1.29, 1.82) is 4.78 Å². The minimum absolute atomic E-state index is 0. The van der Waals surface area contributed by atoms with Gasteiger partial charge in [0.1, 0.15) is 0 Å². The van der Waals surface area contributed by atoms with E-state index in [1.165, 1.54) is 0 Å². The summed E-state index contributed by atoms with van der Waals surface area (Å²) < 4.78 is 56.8. The molecule has 0 aliphatic carbocycles. The Kier molecular flexibility index (Phi) is 9.69. The first-order valence-corrected chi connectivity index (χ1v) is 4.37. The Morgan fingerprint density at radius 1 is 1.27 bits per heavy atom. The Morgan fingerprint density at radius 3 is 1.27 bits per heavy atom. The first-order chi connectivity index (χ1) is 4.00. The second kappa shape index (κ2) is 6.07. The first-order valence-electron chi connectivity index (χ1n) is 1.46. The average molecular weight is 216 g/mol. The molecule has 0 bridgehead atoms. The van der Waals surface area contributed by atoms with E-state index in [0.29, 0.717) is 0 Å². The minimum Gasteiger partial charge on any atom is -0.775 e. The number of nitrogens with two attached hydrogens (primary N) is 1. The molecule has 4 N–H and O–H groups in total. The van der Waals surface area contributed by atoms with E-state index in [4.69, 9.17) is 31.1 Å². The van der Waals surface area contributed by atoms with E-state index >= 15 is 0 Å². The molecule has 0 atom stereocenters. The summed E-state index contributed by atoms with van der Waals surface area (Å²) in [7, 11) is -8.83. The molecule has 0 aromatic rings. The Bertz CT molecular complexity index is 215. The Balaban J connectivity index is -0.000000107. The van der Waals surface area contributed by atoms with Gasteiger partial charge in [0.05, 0.1) is 0 Å². The van der Waals surface area contributed by atoms with Crippen LogP contribution in [0.15, 0.2) is 0 Å². The number of rotatable bonds is 0. The van der Waals surface area contributed by atoms with Crippen LogP contribution in [-0.2, 0) is 20.6 Å². The molecule has 0 aromatic carbocycles. The van der Waals surface area contributed by atoms with E-state index < -0.39 is 20.6 Å². The summed E-state index contributed by atoms with van der Waals surface area (Å²) in [5, 5.41) is 3.88. The van der Waals surface area contributed by atoms with Crippen molar-refractivity contribution in [2.24, 2.45) is 5.14 Å². The molecule has 0 amide bonds. The zero-order chi connectivity index (χ0) is 9.00. The van der Waals surface area contributed by atoms with Gasteiger partial charge in [0.2, 0.25) is 0 Å². The van der Waals surface area contributed by atoms with Crippen molar-refractivity contribution in [3.05, 3.63) is 0 Å². The molecular weight excluding hydrogens is 212 g/mol. The largest absolute Gasteiger partial charge is 2.00 e. The molecule has 0 heterocycles. The molecule has 0 aliphatic rings. The van der Waals surface area contributed by atoms with Crippen molar-refractivity contribution in [3.8, 4) is 0 Å². The molecule has 11 heteroatoms. The minimum atomic E-state index is -4.67. The molecule has 64 valence electrons. The van der Waals surface area contributed by atoms with Gasteiger partial charge in [0.25, 0.3) is 0 Å². The molecule has 0 aromatic heterocycles. The van der Waals surface area contributed by atoms with Gasteiger partial charge in [-0.1, -0.05) is 10.3 Å². The third kappa shape index (κ3) is 2970. The van der Waals surface area contributed by atoms with Crippen molar-refractivity contribution in [2.75, 3.05) is 0 Å². The van der Waals surface area contributed by atoms with Crippen LogP contribution < -0.4 is 5.14 Å². The van der Waals surface area contributed by atoms with Gasteiger partial charge in [-0.05, 0) is 0 Å². The fourth-order valence-corrected chi connectivity index (χ4v) is 0. The monoisotopic (exact) mass is 216 g/mol. The van der Waals surface area contributed by atoms with Gasteiger partial charge in [-0.25, -0.2) is 5.14 Å². The van der Waals surface area contributed by atoms with Crippen molar-refractivity contribution < 1.29 is 26.3 Å². The maximum Gasteiger partial charge on any atom is 2.00 e. The third-order valence-corrected chi connectivity index (χ3v) is 0. The average Bonchev–Trinajstić information content (AvgIpc) is 1.12. The number of hydrogen-bond donors (Lipinski definition) is 3. The second-order valence-corrected chi connectivity index (χ2v) is 2.91.